The Balaban J connectivity index is 1.00. The summed E-state index contributed by atoms with van der Waals surface area (Å²) in [5, 5.41) is 51.9. The largest absolute Gasteiger partial charge is 0.480 e. The van der Waals surface area contributed by atoms with Crippen molar-refractivity contribution in [1.82, 2.24) is 56.0 Å². The summed E-state index contributed by atoms with van der Waals surface area (Å²) in [7, 11) is 0. The van der Waals surface area contributed by atoms with Gasteiger partial charge in [-0.15, -0.1) is 0 Å². The lowest BCUT2D eigenvalue weighted by Gasteiger charge is -2.32. The number of aryl methyl sites for hydroxylation is 2. The first kappa shape index (κ1) is 67.2. The maximum absolute atomic E-state index is 14.1. The van der Waals surface area contributed by atoms with Crippen LogP contribution in [0.4, 0.5) is 8.78 Å². The smallest absolute Gasteiger partial charge is 0.317 e. The van der Waals surface area contributed by atoms with Gasteiger partial charge in [-0.3, -0.25) is 67.5 Å². The molecular formula is C57H77F2IN12O13. The van der Waals surface area contributed by atoms with Gasteiger partial charge in [-0.05, 0) is 102 Å². The standard InChI is InChI=1S/C57H77F2IN12O13/c58-57(59)29-43(30-61)72(37-57)56(85)46-27-41(54(83)66-46)28-50(76)71-31-40-7-4-6-39(44(40)32-71)12-15-48(74)65-45(55(84)64-18-17-63-47(73)9-3-5-38-10-13-42(60)14-11-38)8-1-2-16-62-49(75)33-67-19-21-68(34-51(77)78)23-25-70(36-53(81)82)26-24-69(22-20-67)35-52(79)80/h4,6-7,10-11,13-14,41,43,45-46H,1-3,5,8-9,12,15-29,31-37H2,(H,62,75)(H,63,73)(H,64,84)(H,65,74)(H,66,83)(H,77,78)(H,79,80)(H,81,82)/t41-,43-,45?,46-/m0/s1. The number of carboxylic acid groups (broad SMARTS) is 3. The van der Waals surface area contributed by atoms with Crippen LogP contribution in [0.25, 0.3) is 0 Å². The van der Waals surface area contributed by atoms with Gasteiger partial charge in [-0.1, -0.05) is 30.3 Å². The molecule has 2 aromatic rings. The number of aliphatic carboxylic acids is 3. The zero-order valence-electron chi connectivity index (χ0n) is 47.5. The number of halogens is 3. The van der Waals surface area contributed by atoms with Crippen LogP contribution in [0.2, 0.25) is 0 Å². The third-order valence-electron chi connectivity index (χ3n) is 15.5. The lowest BCUT2D eigenvalue weighted by atomic mass is 9.99. The van der Waals surface area contributed by atoms with E-state index in [1.165, 1.54) is 0 Å². The minimum Gasteiger partial charge on any atom is -0.480 e. The van der Waals surface area contributed by atoms with Crippen LogP contribution in [-0.4, -0.2) is 233 Å². The van der Waals surface area contributed by atoms with E-state index >= 15 is 0 Å². The van der Waals surface area contributed by atoms with Gasteiger partial charge in [-0.25, -0.2) is 8.78 Å². The number of carbonyl (C=O) groups excluding carboxylic acids is 7. The van der Waals surface area contributed by atoms with Gasteiger partial charge in [0.2, 0.25) is 41.4 Å². The number of likely N-dealkylation sites (tertiary alicyclic amines) is 1. The summed E-state index contributed by atoms with van der Waals surface area (Å²) >= 11 is 2.23. The minimum atomic E-state index is -3.23. The molecule has 0 spiro atoms. The maximum atomic E-state index is 14.1. The Bertz CT molecular complexity index is 2720. The van der Waals surface area contributed by atoms with E-state index in [4.69, 9.17) is 0 Å². The zero-order valence-corrected chi connectivity index (χ0v) is 49.7. The fourth-order valence-corrected chi connectivity index (χ4v) is 11.3. The second kappa shape index (κ2) is 33.1. The topological polar surface area (TPSA) is 335 Å². The van der Waals surface area contributed by atoms with Crippen LogP contribution in [-0.2, 0) is 73.9 Å². The van der Waals surface area contributed by atoms with Crippen molar-refractivity contribution in [1.29, 1.82) is 5.26 Å². The van der Waals surface area contributed by atoms with Gasteiger partial charge >= 0.3 is 17.9 Å². The number of nitrogens with zero attached hydrogens (tertiary/aromatic N) is 7. The molecule has 8 N–H and O–H groups in total. The Morgan fingerprint density at radius 1 is 0.706 bits per heavy atom. The van der Waals surface area contributed by atoms with Gasteiger partial charge in [0.1, 0.15) is 18.1 Å². The number of alkyl halides is 2. The quantitative estimate of drug-likeness (QED) is 0.0417. The molecule has 28 heteroatoms. The number of rotatable bonds is 28. The van der Waals surface area contributed by atoms with Gasteiger partial charge in [0.15, 0.2) is 0 Å². The molecule has 4 atom stereocenters. The number of fused-ring (bicyclic) bond motifs is 1. The van der Waals surface area contributed by atoms with Gasteiger partial charge in [-0.2, -0.15) is 5.26 Å². The molecule has 464 valence electrons. The molecule has 4 heterocycles. The number of hydrogen-bond acceptors (Lipinski definition) is 15. The molecule has 4 aliphatic heterocycles. The average molecular weight is 1300 g/mol. The second-order valence-corrected chi connectivity index (χ2v) is 23.3. The number of nitrogens with one attached hydrogen (secondary N) is 5. The first-order valence-electron chi connectivity index (χ1n) is 28.7. The van der Waals surface area contributed by atoms with E-state index in [2.05, 4.69) is 49.2 Å². The number of carbonyl (C=O) groups is 10. The molecule has 1 unspecified atom stereocenters. The first-order chi connectivity index (χ1) is 40.5. The van der Waals surface area contributed by atoms with Gasteiger partial charge in [0.05, 0.1) is 38.8 Å². The van der Waals surface area contributed by atoms with Crippen molar-refractivity contribution >= 4 is 81.8 Å². The van der Waals surface area contributed by atoms with Crippen molar-refractivity contribution in [2.75, 3.05) is 105 Å². The van der Waals surface area contributed by atoms with Crippen LogP contribution >= 0.6 is 22.6 Å². The molecule has 4 aliphatic rings. The normalized spacial score (nSPS) is 20.0. The SMILES string of the molecule is N#C[C@@H]1CC(F)(F)CN1C(=O)[C@@H]1C[C@@H](CC(=O)N2Cc3cccc(CCC(=O)NC(CCCCNC(=O)CN4CCN(CC(=O)O)CCN(CC(=O)O)CCN(CC(=O)O)CC4)C(=O)NCCNC(=O)CCCc4ccc(I)cc4)c3C2)C(=O)N1. The van der Waals surface area contributed by atoms with Crippen molar-refractivity contribution in [3.05, 3.63) is 68.3 Å². The van der Waals surface area contributed by atoms with E-state index in [9.17, 15) is 77.3 Å². The molecule has 0 bridgehead atoms. The molecule has 6 rings (SSSR count). The van der Waals surface area contributed by atoms with Gasteiger partial charge in [0, 0.05) is 120 Å². The van der Waals surface area contributed by atoms with E-state index in [-0.39, 0.29) is 161 Å². The molecular weight excluding hydrogens is 1230 g/mol. The fourth-order valence-electron chi connectivity index (χ4n) is 10.9. The highest BCUT2D eigenvalue weighted by atomic mass is 127. The van der Waals surface area contributed by atoms with Crippen LogP contribution in [0.5, 0.6) is 0 Å². The van der Waals surface area contributed by atoms with Crippen molar-refractivity contribution in [2.24, 2.45) is 5.92 Å². The van der Waals surface area contributed by atoms with E-state index in [1.807, 2.05) is 36.4 Å². The Labute approximate surface area is 505 Å². The number of carboxylic acids is 3. The molecule has 0 radical (unpaired) electrons. The van der Waals surface area contributed by atoms with Crippen molar-refractivity contribution in [3.8, 4) is 6.07 Å². The molecule has 0 aliphatic carbocycles. The highest BCUT2D eigenvalue weighted by Gasteiger charge is 2.50. The lowest BCUT2D eigenvalue weighted by molar-refractivity contribution is -0.140. The Morgan fingerprint density at radius 2 is 1.29 bits per heavy atom. The van der Waals surface area contributed by atoms with E-state index in [1.54, 1.807) is 36.6 Å². The first-order valence-corrected chi connectivity index (χ1v) is 29.8. The summed E-state index contributed by atoms with van der Waals surface area (Å²) in [5.74, 6) is -10.5. The summed E-state index contributed by atoms with van der Waals surface area (Å²) in [6.45, 7) is 0.847. The van der Waals surface area contributed by atoms with Gasteiger partial charge in [0.25, 0.3) is 5.92 Å². The lowest BCUT2D eigenvalue weighted by Crippen LogP contribution is -2.49. The van der Waals surface area contributed by atoms with Crippen LogP contribution in [0.15, 0.2) is 42.5 Å². The van der Waals surface area contributed by atoms with Crippen molar-refractivity contribution < 1.29 is 72.0 Å². The average Bonchev–Trinajstić information content (AvgIpc) is 3.26. The number of nitriles is 1. The third-order valence-corrected chi connectivity index (χ3v) is 16.2. The molecule has 2 aromatic carbocycles. The van der Waals surface area contributed by atoms with Crippen molar-refractivity contribution in [2.45, 2.75) is 108 Å². The summed E-state index contributed by atoms with van der Waals surface area (Å²) in [5.41, 5.74) is 3.58. The maximum Gasteiger partial charge on any atom is 0.317 e. The van der Waals surface area contributed by atoms with Crippen LogP contribution in [0, 0.1) is 20.8 Å². The van der Waals surface area contributed by atoms with E-state index in [0.29, 0.717) is 25.7 Å². The van der Waals surface area contributed by atoms with Gasteiger partial charge < -0.3 is 51.7 Å². The molecule has 0 saturated carbocycles. The Kier molecular flexibility index (Phi) is 26.2. The van der Waals surface area contributed by atoms with Crippen LogP contribution < -0.4 is 26.6 Å². The molecule has 3 saturated heterocycles. The molecule has 85 heavy (non-hydrogen) atoms. The molecule has 25 nitrogen and oxygen atoms in total. The minimum absolute atomic E-state index is 0.0302. The second-order valence-electron chi connectivity index (χ2n) is 22.0. The van der Waals surface area contributed by atoms with E-state index in [0.717, 1.165) is 37.1 Å². The molecule has 3 fully saturated rings. The molecule has 0 aromatic heterocycles. The predicted octanol–water partition coefficient (Wildman–Crippen LogP) is 0.223. The predicted molar refractivity (Wildman–Crippen MR) is 310 cm³/mol. The summed E-state index contributed by atoms with van der Waals surface area (Å²) in [6, 6.07) is 11.8. The van der Waals surface area contributed by atoms with Crippen LogP contribution in [0.3, 0.4) is 0 Å². The number of hydrogen-bond donors (Lipinski definition) is 8. The highest BCUT2D eigenvalue weighted by molar-refractivity contribution is 14.1. The molecule has 7 amide bonds. The number of unbranched alkanes of at least 4 members (excludes halogenated alkanes) is 1. The summed E-state index contributed by atoms with van der Waals surface area (Å²) < 4.78 is 29.3. The summed E-state index contributed by atoms with van der Waals surface area (Å²) in [4.78, 5) is 137. The van der Waals surface area contributed by atoms with Crippen molar-refractivity contribution in [3.63, 3.8) is 0 Å². The Morgan fingerprint density at radius 3 is 1.89 bits per heavy atom. The number of benzene rings is 2. The Hall–Kier alpha value is -6.94. The zero-order chi connectivity index (χ0) is 61.6. The number of amides is 7. The van der Waals surface area contributed by atoms with E-state index < -0.39 is 84.5 Å². The monoisotopic (exact) mass is 1300 g/mol. The highest BCUT2D eigenvalue weighted by Crippen LogP contribution is 2.34. The fraction of sp³-hybridized carbons (Fsp3) is 0.596. The third kappa shape index (κ3) is 22.5. The van der Waals surface area contributed by atoms with Crippen LogP contribution in [0.1, 0.15) is 80.0 Å². The summed E-state index contributed by atoms with van der Waals surface area (Å²) in [6.07, 6.45) is 1.75.